The molecule has 4 rings (SSSR count). The number of hydrogen-bond donors (Lipinski definition) is 1. The molecule has 0 saturated carbocycles. The highest BCUT2D eigenvalue weighted by atomic mass is 16.5. The molecule has 0 spiro atoms. The van der Waals surface area contributed by atoms with Crippen LogP contribution in [0.15, 0.2) is 36.7 Å². The van der Waals surface area contributed by atoms with Crippen molar-refractivity contribution in [3.8, 4) is 11.4 Å². The van der Waals surface area contributed by atoms with Crippen molar-refractivity contribution in [3.05, 3.63) is 48.0 Å². The average molecular weight is 367 g/mol. The monoisotopic (exact) mass is 367 g/mol. The van der Waals surface area contributed by atoms with E-state index in [9.17, 15) is 4.79 Å². The van der Waals surface area contributed by atoms with E-state index >= 15 is 0 Å². The predicted octanol–water partition coefficient (Wildman–Crippen LogP) is 1.45. The molecular weight excluding hydrogens is 346 g/mol. The third-order valence-corrected chi connectivity index (χ3v) is 4.74. The van der Waals surface area contributed by atoms with Crippen LogP contribution in [0.1, 0.15) is 36.6 Å². The van der Waals surface area contributed by atoms with Crippen LogP contribution in [-0.2, 0) is 17.9 Å². The van der Waals surface area contributed by atoms with E-state index in [0.29, 0.717) is 12.4 Å². The van der Waals surface area contributed by atoms with E-state index in [0.717, 1.165) is 42.8 Å². The summed E-state index contributed by atoms with van der Waals surface area (Å²) < 4.78 is 8.85. The maximum Gasteiger partial charge on any atom is 0.231 e. The van der Waals surface area contributed by atoms with Crippen LogP contribution in [0.2, 0.25) is 0 Å². The Balaban J connectivity index is 1.44. The van der Waals surface area contributed by atoms with Gasteiger partial charge in [-0.2, -0.15) is 5.10 Å². The molecule has 1 aromatic carbocycles. The minimum atomic E-state index is -0.313. The van der Waals surface area contributed by atoms with Gasteiger partial charge in [0.1, 0.15) is 11.4 Å². The number of carbonyl (C=O) groups is 1. The van der Waals surface area contributed by atoms with Crippen molar-refractivity contribution in [2.75, 3.05) is 7.11 Å². The number of methoxy groups -OCH3 is 1. The number of ether oxygens (including phenoxy) is 1. The standard InChI is InChI=1S/C18H21N7O2/c1-27-16-8-3-2-7-15(16)25-12-13(11-20-25)10-19-18(26)14-6-4-5-9-24-17(14)21-22-23-24/h2-3,7-8,11-12,14H,4-6,9-10H2,1H3,(H,19,26)/t14-/m0/s1. The highest BCUT2D eigenvalue weighted by molar-refractivity contribution is 5.82. The molecule has 1 atom stereocenters. The van der Waals surface area contributed by atoms with E-state index in [1.807, 2.05) is 30.5 Å². The summed E-state index contributed by atoms with van der Waals surface area (Å²) in [4.78, 5) is 12.7. The first-order valence-electron chi connectivity index (χ1n) is 8.97. The van der Waals surface area contributed by atoms with Crippen molar-refractivity contribution in [1.29, 1.82) is 0 Å². The third-order valence-electron chi connectivity index (χ3n) is 4.74. The highest BCUT2D eigenvalue weighted by Gasteiger charge is 2.28. The van der Waals surface area contributed by atoms with E-state index in [1.165, 1.54) is 0 Å². The number of fused-ring (bicyclic) bond motifs is 1. The molecule has 1 N–H and O–H groups in total. The molecule has 0 aliphatic carbocycles. The Morgan fingerprint density at radius 3 is 3.11 bits per heavy atom. The Morgan fingerprint density at radius 2 is 2.22 bits per heavy atom. The second-order valence-corrected chi connectivity index (χ2v) is 6.49. The summed E-state index contributed by atoms with van der Waals surface area (Å²) in [5.74, 6) is 1.01. The first-order valence-corrected chi connectivity index (χ1v) is 8.97. The lowest BCUT2D eigenvalue weighted by Gasteiger charge is -2.12. The number of para-hydroxylation sites is 2. The number of amides is 1. The molecule has 0 radical (unpaired) electrons. The Kier molecular flexibility index (Phi) is 4.82. The Morgan fingerprint density at radius 1 is 1.33 bits per heavy atom. The van der Waals surface area contributed by atoms with E-state index in [2.05, 4.69) is 25.9 Å². The van der Waals surface area contributed by atoms with Gasteiger partial charge < -0.3 is 10.1 Å². The van der Waals surface area contributed by atoms with E-state index in [4.69, 9.17) is 4.74 Å². The lowest BCUT2D eigenvalue weighted by molar-refractivity contribution is -0.123. The maximum atomic E-state index is 12.7. The van der Waals surface area contributed by atoms with E-state index in [1.54, 1.807) is 22.7 Å². The van der Waals surface area contributed by atoms with Gasteiger partial charge in [-0.3, -0.25) is 4.79 Å². The Labute approximate surface area is 156 Å². The number of rotatable bonds is 5. The largest absolute Gasteiger partial charge is 0.494 e. The normalized spacial score (nSPS) is 16.4. The summed E-state index contributed by atoms with van der Waals surface area (Å²) in [5.41, 5.74) is 1.75. The predicted molar refractivity (Wildman–Crippen MR) is 96.4 cm³/mol. The summed E-state index contributed by atoms with van der Waals surface area (Å²) in [6.07, 6.45) is 6.33. The number of carbonyl (C=O) groups excluding carboxylic acids is 1. The topological polar surface area (TPSA) is 99.8 Å². The van der Waals surface area contributed by atoms with Crippen LogP contribution < -0.4 is 10.1 Å². The zero-order valence-corrected chi connectivity index (χ0v) is 15.1. The highest BCUT2D eigenvalue weighted by Crippen LogP contribution is 2.24. The molecule has 9 nitrogen and oxygen atoms in total. The number of nitrogens with zero attached hydrogens (tertiary/aromatic N) is 6. The van der Waals surface area contributed by atoms with Gasteiger partial charge in [0.15, 0.2) is 5.82 Å². The van der Waals surface area contributed by atoms with Crippen LogP contribution in [-0.4, -0.2) is 43.0 Å². The fraction of sp³-hybridized carbons (Fsp3) is 0.389. The Hall–Kier alpha value is -3.23. The number of tetrazole rings is 1. The second kappa shape index (κ2) is 7.56. The van der Waals surface area contributed by atoms with Crippen LogP contribution in [0.25, 0.3) is 5.69 Å². The minimum Gasteiger partial charge on any atom is -0.494 e. The van der Waals surface area contributed by atoms with Crippen LogP contribution in [0, 0.1) is 0 Å². The molecule has 1 aliphatic heterocycles. The first-order chi connectivity index (χ1) is 13.3. The van der Waals surface area contributed by atoms with Crippen LogP contribution in [0.3, 0.4) is 0 Å². The first kappa shape index (κ1) is 17.2. The molecule has 0 saturated heterocycles. The fourth-order valence-electron chi connectivity index (χ4n) is 3.32. The van der Waals surface area contributed by atoms with Crippen LogP contribution >= 0.6 is 0 Å². The molecule has 0 fully saturated rings. The van der Waals surface area contributed by atoms with Gasteiger partial charge in [-0.05, 0) is 35.4 Å². The SMILES string of the molecule is COc1ccccc1-n1cc(CNC(=O)[C@H]2CCCCn3nnnc32)cn1. The Bertz CT molecular complexity index is 933. The number of benzene rings is 1. The quantitative estimate of drug-likeness (QED) is 0.733. The van der Waals surface area contributed by atoms with Gasteiger partial charge in [-0.15, -0.1) is 5.10 Å². The maximum absolute atomic E-state index is 12.7. The summed E-state index contributed by atoms with van der Waals surface area (Å²) in [7, 11) is 1.63. The third kappa shape index (κ3) is 3.53. The van der Waals surface area contributed by atoms with E-state index in [-0.39, 0.29) is 11.8 Å². The molecule has 0 unspecified atom stereocenters. The smallest absolute Gasteiger partial charge is 0.231 e. The minimum absolute atomic E-state index is 0.0574. The zero-order valence-electron chi connectivity index (χ0n) is 15.1. The van der Waals surface area contributed by atoms with Gasteiger partial charge in [0, 0.05) is 24.8 Å². The van der Waals surface area contributed by atoms with Gasteiger partial charge in [-0.25, -0.2) is 9.36 Å². The molecule has 3 heterocycles. The van der Waals surface area contributed by atoms with Crippen molar-refractivity contribution >= 4 is 5.91 Å². The van der Waals surface area contributed by atoms with E-state index < -0.39 is 0 Å². The van der Waals surface area contributed by atoms with Crippen molar-refractivity contribution in [2.45, 2.75) is 38.3 Å². The molecule has 2 aromatic heterocycles. The van der Waals surface area contributed by atoms with Crippen molar-refractivity contribution in [2.24, 2.45) is 0 Å². The molecule has 1 amide bonds. The van der Waals surface area contributed by atoms with Gasteiger partial charge in [-0.1, -0.05) is 18.6 Å². The molecule has 27 heavy (non-hydrogen) atoms. The lowest BCUT2D eigenvalue weighted by atomic mass is 10.0. The van der Waals surface area contributed by atoms with Gasteiger partial charge in [0.2, 0.25) is 5.91 Å². The van der Waals surface area contributed by atoms with Crippen LogP contribution in [0.4, 0.5) is 0 Å². The average Bonchev–Trinajstić information content (AvgIpc) is 3.32. The number of hydrogen-bond acceptors (Lipinski definition) is 6. The summed E-state index contributed by atoms with van der Waals surface area (Å²) in [6, 6.07) is 7.65. The van der Waals surface area contributed by atoms with Crippen LogP contribution in [0.5, 0.6) is 5.75 Å². The molecule has 9 heteroatoms. The number of aromatic nitrogens is 6. The van der Waals surface area contributed by atoms with Gasteiger partial charge in [0.25, 0.3) is 0 Å². The molecule has 0 bridgehead atoms. The number of nitrogens with one attached hydrogen (secondary N) is 1. The zero-order chi connectivity index (χ0) is 18.6. The fourth-order valence-corrected chi connectivity index (χ4v) is 3.32. The molecule has 3 aromatic rings. The summed E-state index contributed by atoms with van der Waals surface area (Å²) in [6.45, 7) is 1.16. The molecular formula is C18H21N7O2. The summed E-state index contributed by atoms with van der Waals surface area (Å²) >= 11 is 0. The number of aryl methyl sites for hydroxylation is 1. The van der Waals surface area contributed by atoms with Gasteiger partial charge >= 0.3 is 0 Å². The van der Waals surface area contributed by atoms with Crippen molar-refractivity contribution in [3.63, 3.8) is 0 Å². The second-order valence-electron chi connectivity index (χ2n) is 6.49. The molecule has 1 aliphatic rings. The van der Waals surface area contributed by atoms with Crippen molar-refractivity contribution < 1.29 is 9.53 Å². The van der Waals surface area contributed by atoms with Gasteiger partial charge in [0.05, 0.1) is 19.2 Å². The lowest BCUT2D eigenvalue weighted by Crippen LogP contribution is -2.30. The summed E-state index contributed by atoms with van der Waals surface area (Å²) in [5, 5.41) is 19.1. The molecule has 140 valence electrons. The van der Waals surface area contributed by atoms with Crippen molar-refractivity contribution in [1.82, 2.24) is 35.3 Å².